The monoisotopic (exact) mass is 664 g/mol. The minimum absolute atomic E-state index is 0.119. The van der Waals surface area contributed by atoms with E-state index >= 15 is 0 Å². The summed E-state index contributed by atoms with van der Waals surface area (Å²) in [6, 6.07) is 12.7. The number of carbonyl (C=O) groups is 3. The number of benzene rings is 2. The first-order valence-corrected chi connectivity index (χ1v) is 14.7. The molecule has 0 aliphatic heterocycles. The molecule has 252 valence electrons. The van der Waals surface area contributed by atoms with Crippen molar-refractivity contribution in [3.8, 4) is 11.3 Å². The number of amides is 3. The SMILES string of the molecule is Cc1ccc(C(=O)Nc2ccc(N(C(=O)OC(C)(C)C)C(=O)OC(C)(C)C)c(C(F)(F)F)c2)cc1Nc1nccc(-c2cccnc2)n1. The molecule has 0 fully saturated rings. The number of pyridine rings is 1. The van der Waals surface area contributed by atoms with Gasteiger partial charge < -0.3 is 20.1 Å². The number of aromatic nitrogens is 3. The molecule has 11 nitrogen and oxygen atoms in total. The Morgan fingerprint density at radius 1 is 0.833 bits per heavy atom. The molecule has 48 heavy (non-hydrogen) atoms. The third kappa shape index (κ3) is 9.27. The van der Waals surface area contributed by atoms with E-state index in [4.69, 9.17) is 9.47 Å². The Bertz CT molecular complexity index is 1790. The van der Waals surface area contributed by atoms with Gasteiger partial charge in [-0.15, -0.1) is 0 Å². The summed E-state index contributed by atoms with van der Waals surface area (Å²) in [6.07, 6.45) is -2.92. The summed E-state index contributed by atoms with van der Waals surface area (Å²) in [5.74, 6) is -0.470. The molecule has 3 amide bonds. The Kier molecular flexibility index (Phi) is 10.1. The van der Waals surface area contributed by atoms with Gasteiger partial charge in [0.25, 0.3) is 5.91 Å². The molecular weight excluding hydrogens is 629 g/mol. The topological polar surface area (TPSA) is 136 Å². The fourth-order valence-corrected chi connectivity index (χ4v) is 4.24. The first kappa shape index (κ1) is 35.3. The summed E-state index contributed by atoms with van der Waals surface area (Å²) in [7, 11) is 0. The summed E-state index contributed by atoms with van der Waals surface area (Å²) in [4.78, 5) is 52.4. The quantitative estimate of drug-likeness (QED) is 0.208. The van der Waals surface area contributed by atoms with E-state index in [9.17, 15) is 27.6 Å². The molecule has 0 aliphatic carbocycles. The van der Waals surface area contributed by atoms with Crippen LogP contribution in [0.3, 0.4) is 0 Å². The third-order valence-electron chi connectivity index (χ3n) is 6.31. The van der Waals surface area contributed by atoms with E-state index in [-0.39, 0.29) is 22.1 Å². The van der Waals surface area contributed by atoms with Crippen LogP contribution >= 0.6 is 0 Å². The Morgan fingerprint density at radius 2 is 1.50 bits per heavy atom. The van der Waals surface area contributed by atoms with Gasteiger partial charge >= 0.3 is 18.4 Å². The third-order valence-corrected chi connectivity index (χ3v) is 6.31. The van der Waals surface area contributed by atoms with Gasteiger partial charge in [-0.3, -0.25) is 9.78 Å². The van der Waals surface area contributed by atoms with Gasteiger partial charge in [0.2, 0.25) is 5.95 Å². The number of nitrogens with zero attached hydrogens (tertiary/aromatic N) is 4. The lowest BCUT2D eigenvalue weighted by Crippen LogP contribution is -2.44. The smallest absolute Gasteiger partial charge is 0.424 e. The first-order valence-electron chi connectivity index (χ1n) is 14.7. The highest BCUT2D eigenvalue weighted by molar-refractivity contribution is 6.11. The molecule has 0 saturated heterocycles. The first-order chi connectivity index (χ1) is 22.3. The zero-order valence-corrected chi connectivity index (χ0v) is 27.4. The van der Waals surface area contributed by atoms with Crippen molar-refractivity contribution in [2.75, 3.05) is 15.5 Å². The Balaban J connectivity index is 1.63. The van der Waals surface area contributed by atoms with Crippen molar-refractivity contribution in [2.24, 2.45) is 0 Å². The van der Waals surface area contributed by atoms with E-state index in [0.717, 1.165) is 23.3 Å². The van der Waals surface area contributed by atoms with Gasteiger partial charge in [-0.05, 0) is 103 Å². The minimum Gasteiger partial charge on any atom is -0.443 e. The normalized spacial score (nSPS) is 11.8. The molecule has 0 unspecified atom stereocenters. The summed E-state index contributed by atoms with van der Waals surface area (Å²) < 4.78 is 53.7. The standard InChI is InChI=1S/C34H35F3N6O5/c1-20-10-11-21(17-26(20)42-29-39-16-14-25(41-29)22-9-8-15-38-19-22)28(44)40-23-12-13-27(24(18-23)34(35,36)37)43(30(45)47-32(2,3)4)31(46)48-33(5,6)7/h8-19H,1-7H3,(H,40,44)(H,39,41,42). The number of nitrogens with one attached hydrogen (secondary N) is 2. The molecular formula is C34H35F3N6O5. The zero-order valence-electron chi connectivity index (χ0n) is 27.4. The molecule has 2 aromatic carbocycles. The van der Waals surface area contributed by atoms with Gasteiger partial charge in [0.15, 0.2) is 0 Å². The lowest BCUT2D eigenvalue weighted by Gasteiger charge is -2.30. The highest BCUT2D eigenvalue weighted by Crippen LogP contribution is 2.39. The average molecular weight is 665 g/mol. The lowest BCUT2D eigenvalue weighted by molar-refractivity contribution is -0.137. The maximum Gasteiger partial charge on any atom is 0.424 e. The number of alkyl halides is 3. The number of imide groups is 1. The highest BCUT2D eigenvalue weighted by Gasteiger charge is 2.41. The summed E-state index contributed by atoms with van der Waals surface area (Å²) in [5, 5.41) is 5.54. The highest BCUT2D eigenvalue weighted by atomic mass is 19.4. The van der Waals surface area contributed by atoms with Crippen LogP contribution in [0.1, 0.15) is 63.0 Å². The van der Waals surface area contributed by atoms with E-state index in [1.54, 1.807) is 43.7 Å². The molecule has 0 radical (unpaired) electrons. The van der Waals surface area contributed by atoms with Gasteiger partial charge in [0.05, 0.1) is 16.9 Å². The second kappa shape index (κ2) is 13.7. The number of rotatable bonds is 6. The van der Waals surface area contributed by atoms with E-state index in [1.807, 2.05) is 6.07 Å². The average Bonchev–Trinajstić information content (AvgIpc) is 2.97. The number of halogens is 3. The van der Waals surface area contributed by atoms with Gasteiger partial charge in [-0.1, -0.05) is 6.07 Å². The van der Waals surface area contributed by atoms with Crippen molar-refractivity contribution in [3.05, 3.63) is 89.9 Å². The predicted molar refractivity (Wildman–Crippen MR) is 174 cm³/mol. The van der Waals surface area contributed by atoms with Gasteiger partial charge in [-0.2, -0.15) is 18.1 Å². The number of aryl methyl sites for hydroxylation is 1. The van der Waals surface area contributed by atoms with Gasteiger partial charge in [0, 0.05) is 41.1 Å². The van der Waals surface area contributed by atoms with E-state index < -0.39 is 46.7 Å². The molecule has 0 saturated carbocycles. The van der Waals surface area contributed by atoms with Crippen LogP contribution in [0.15, 0.2) is 73.2 Å². The fraction of sp³-hybridized carbons (Fsp3) is 0.294. The Morgan fingerprint density at radius 3 is 2.08 bits per heavy atom. The summed E-state index contributed by atoms with van der Waals surface area (Å²) in [6.45, 7) is 10.8. The van der Waals surface area contributed by atoms with Crippen molar-refractivity contribution < 1.29 is 37.0 Å². The van der Waals surface area contributed by atoms with E-state index in [0.29, 0.717) is 17.4 Å². The zero-order chi connectivity index (χ0) is 35.4. The molecule has 4 aromatic rings. The Labute approximate surface area is 275 Å². The molecule has 0 spiro atoms. The van der Waals surface area contributed by atoms with E-state index in [2.05, 4.69) is 25.6 Å². The van der Waals surface area contributed by atoms with Crippen LogP contribution in [-0.2, 0) is 15.7 Å². The fourth-order valence-electron chi connectivity index (χ4n) is 4.24. The van der Waals surface area contributed by atoms with Crippen LogP contribution in [0.4, 0.5) is 45.8 Å². The molecule has 0 atom stereocenters. The predicted octanol–water partition coefficient (Wildman–Crippen LogP) is 8.54. The second-order valence-electron chi connectivity index (χ2n) is 12.6. The Hall–Kier alpha value is -5.53. The molecule has 0 bridgehead atoms. The largest absolute Gasteiger partial charge is 0.443 e. The van der Waals surface area contributed by atoms with Crippen LogP contribution in [0.5, 0.6) is 0 Å². The number of carbonyl (C=O) groups excluding carboxylic acids is 3. The van der Waals surface area contributed by atoms with Crippen molar-refractivity contribution in [1.29, 1.82) is 0 Å². The molecule has 4 rings (SSSR count). The number of ether oxygens (including phenoxy) is 2. The molecule has 2 N–H and O–H groups in total. The van der Waals surface area contributed by atoms with Crippen molar-refractivity contribution >= 4 is 41.1 Å². The number of hydrogen-bond donors (Lipinski definition) is 2. The van der Waals surface area contributed by atoms with E-state index in [1.165, 1.54) is 53.7 Å². The van der Waals surface area contributed by atoms with Crippen LogP contribution < -0.4 is 15.5 Å². The summed E-state index contributed by atoms with van der Waals surface area (Å²) >= 11 is 0. The van der Waals surface area contributed by atoms with Crippen molar-refractivity contribution in [2.45, 2.75) is 65.8 Å². The second-order valence-corrected chi connectivity index (χ2v) is 12.6. The molecule has 14 heteroatoms. The molecule has 2 heterocycles. The number of anilines is 4. The van der Waals surface area contributed by atoms with Crippen molar-refractivity contribution in [3.63, 3.8) is 0 Å². The molecule has 0 aliphatic rings. The molecule has 2 aromatic heterocycles. The minimum atomic E-state index is -5.05. The van der Waals surface area contributed by atoms with Crippen LogP contribution in [-0.4, -0.2) is 44.2 Å². The van der Waals surface area contributed by atoms with Gasteiger partial charge in [-0.25, -0.2) is 19.6 Å². The summed E-state index contributed by atoms with van der Waals surface area (Å²) in [5.41, 5.74) is -1.99. The van der Waals surface area contributed by atoms with Crippen LogP contribution in [0, 0.1) is 6.92 Å². The lowest BCUT2D eigenvalue weighted by atomic mass is 10.1. The van der Waals surface area contributed by atoms with Crippen molar-refractivity contribution in [1.82, 2.24) is 15.0 Å². The van der Waals surface area contributed by atoms with Gasteiger partial charge in [0.1, 0.15) is 11.2 Å². The van der Waals surface area contributed by atoms with Crippen LogP contribution in [0.2, 0.25) is 0 Å². The van der Waals surface area contributed by atoms with Crippen LogP contribution in [0.25, 0.3) is 11.3 Å². The maximum atomic E-state index is 14.4. The maximum absolute atomic E-state index is 14.4. The number of hydrogen-bond acceptors (Lipinski definition) is 9.